The summed E-state index contributed by atoms with van der Waals surface area (Å²) in [4.78, 5) is 11.4. The van der Waals surface area contributed by atoms with Crippen LogP contribution in [0, 0.1) is 0 Å². The number of hydrogen-bond acceptors (Lipinski definition) is 4. The summed E-state index contributed by atoms with van der Waals surface area (Å²) >= 11 is 0. The maximum atomic E-state index is 4.58. The van der Waals surface area contributed by atoms with Crippen molar-refractivity contribution in [2.45, 2.75) is 44.8 Å². The Labute approximate surface area is 125 Å². The van der Waals surface area contributed by atoms with E-state index in [-0.39, 0.29) is 0 Å². The Kier molecular flexibility index (Phi) is 3.11. The Balaban J connectivity index is 1.55. The third-order valence-corrected chi connectivity index (χ3v) is 4.29. The van der Waals surface area contributed by atoms with Crippen molar-refractivity contribution in [2.75, 3.05) is 4.90 Å². The van der Waals surface area contributed by atoms with Gasteiger partial charge in [0.1, 0.15) is 0 Å². The first kappa shape index (κ1) is 12.8. The van der Waals surface area contributed by atoms with E-state index in [4.69, 9.17) is 0 Å². The molecule has 1 aliphatic heterocycles. The van der Waals surface area contributed by atoms with Gasteiger partial charge in [-0.05, 0) is 37.8 Å². The van der Waals surface area contributed by atoms with Crippen LogP contribution in [-0.2, 0) is 13.0 Å². The number of rotatable bonds is 4. The van der Waals surface area contributed by atoms with Gasteiger partial charge in [-0.25, -0.2) is 9.97 Å². The highest BCUT2D eigenvalue weighted by Crippen LogP contribution is 2.36. The summed E-state index contributed by atoms with van der Waals surface area (Å²) in [6.07, 6.45) is 7.57. The van der Waals surface area contributed by atoms with Crippen molar-refractivity contribution in [2.24, 2.45) is 0 Å². The van der Waals surface area contributed by atoms with Crippen LogP contribution in [-0.4, -0.2) is 22.1 Å². The Hall–Kier alpha value is -1.94. The molecule has 1 aromatic heterocycles. The number of hydrogen-bond donors (Lipinski definition) is 1. The SMILES string of the molecule is CC1Cc2ccccc2N1c1ncc(CNC2CC2)cn1. The second kappa shape index (κ2) is 5.11. The smallest absolute Gasteiger partial charge is 0.230 e. The van der Waals surface area contributed by atoms with Crippen molar-refractivity contribution >= 4 is 11.6 Å². The van der Waals surface area contributed by atoms with Crippen molar-refractivity contribution in [1.82, 2.24) is 15.3 Å². The summed E-state index contributed by atoms with van der Waals surface area (Å²) in [5, 5.41) is 3.49. The van der Waals surface area contributed by atoms with Crippen LogP contribution >= 0.6 is 0 Å². The summed E-state index contributed by atoms with van der Waals surface area (Å²) in [5.74, 6) is 0.808. The van der Waals surface area contributed by atoms with Crippen molar-refractivity contribution in [3.05, 3.63) is 47.8 Å². The van der Waals surface area contributed by atoms with Gasteiger partial charge in [0.25, 0.3) is 0 Å². The van der Waals surface area contributed by atoms with Crippen LogP contribution in [0.25, 0.3) is 0 Å². The van der Waals surface area contributed by atoms with E-state index in [9.17, 15) is 0 Å². The molecule has 21 heavy (non-hydrogen) atoms. The summed E-state index contributed by atoms with van der Waals surface area (Å²) in [5.41, 5.74) is 3.78. The van der Waals surface area contributed by atoms with Gasteiger partial charge in [0.05, 0.1) is 0 Å². The second-order valence-corrected chi connectivity index (χ2v) is 6.10. The van der Waals surface area contributed by atoms with E-state index in [0.29, 0.717) is 6.04 Å². The summed E-state index contributed by atoms with van der Waals surface area (Å²) < 4.78 is 0. The predicted octanol–water partition coefficient (Wildman–Crippen LogP) is 2.81. The van der Waals surface area contributed by atoms with Crippen LogP contribution in [0.2, 0.25) is 0 Å². The largest absolute Gasteiger partial charge is 0.310 e. The minimum Gasteiger partial charge on any atom is -0.310 e. The molecule has 4 rings (SSSR count). The minimum atomic E-state index is 0.415. The molecular formula is C17H20N4. The maximum Gasteiger partial charge on any atom is 0.230 e. The van der Waals surface area contributed by atoms with E-state index >= 15 is 0 Å². The molecule has 1 saturated carbocycles. The minimum absolute atomic E-state index is 0.415. The van der Waals surface area contributed by atoms with Gasteiger partial charge in [-0.3, -0.25) is 0 Å². The Bertz CT molecular complexity index is 633. The number of nitrogens with zero attached hydrogens (tertiary/aromatic N) is 3. The number of para-hydroxylation sites is 1. The first-order chi connectivity index (χ1) is 10.3. The van der Waals surface area contributed by atoms with Gasteiger partial charge >= 0.3 is 0 Å². The van der Waals surface area contributed by atoms with Crippen LogP contribution < -0.4 is 10.2 Å². The van der Waals surface area contributed by atoms with E-state index in [1.54, 1.807) is 0 Å². The molecule has 2 aromatic rings. The zero-order chi connectivity index (χ0) is 14.2. The Morgan fingerprint density at radius 2 is 1.95 bits per heavy atom. The summed E-state index contributed by atoms with van der Waals surface area (Å²) in [6.45, 7) is 3.10. The summed E-state index contributed by atoms with van der Waals surface area (Å²) in [6, 6.07) is 9.67. The standard InChI is InChI=1S/C17H20N4/c1-12-8-14-4-2-3-5-16(14)21(12)17-19-10-13(11-20-17)9-18-15-6-7-15/h2-5,10-12,15,18H,6-9H2,1H3. The first-order valence-corrected chi connectivity index (χ1v) is 7.73. The van der Waals surface area contributed by atoms with Gasteiger partial charge in [-0.15, -0.1) is 0 Å². The highest BCUT2D eigenvalue weighted by Gasteiger charge is 2.28. The van der Waals surface area contributed by atoms with Gasteiger partial charge in [0.15, 0.2) is 0 Å². The zero-order valence-corrected chi connectivity index (χ0v) is 12.3. The molecule has 1 unspecified atom stereocenters. The average Bonchev–Trinajstić information content (AvgIpc) is 3.27. The van der Waals surface area contributed by atoms with Crippen molar-refractivity contribution in [3.63, 3.8) is 0 Å². The predicted molar refractivity (Wildman–Crippen MR) is 83.6 cm³/mol. The molecule has 1 aromatic carbocycles. The molecule has 0 amide bonds. The Morgan fingerprint density at radius 1 is 1.19 bits per heavy atom. The second-order valence-electron chi connectivity index (χ2n) is 6.10. The number of aromatic nitrogens is 2. The van der Waals surface area contributed by atoms with E-state index in [0.717, 1.165) is 30.5 Å². The van der Waals surface area contributed by atoms with Crippen LogP contribution in [0.1, 0.15) is 30.9 Å². The van der Waals surface area contributed by atoms with Gasteiger partial charge in [0, 0.05) is 42.3 Å². The molecule has 2 aliphatic rings. The van der Waals surface area contributed by atoms with Crippen LogP contribution in [0.5, 0.6) is 0 Å². The fourth-order valence-corrected chi connectivity index (χ4v) is 2.98. The average molecular weight is 280 g/mol. The molecule has 108 valence electrons. The van der Waals surface area contributed by atoms with E-state index < -0.39 is 0 Å². The van der Waals surface area contributed by atoms with Crippen LogP contribution in [0.15, 0.2) is 36.7 Å². The number of fused-ring (bicyclic) bond motifs is 1. The van der Waals surface area contributed by atoms with Crippen molar-refractivity contribution < 1.29 is 0 Å². The lowest BCUT2D eigenvalue weighted by Gasteiger charge is -2.22. The van der Waals surface area contributed by atoms with Crippen molar-refractivity contribution in [3.8, 4) is 0 Å². The molecule has 4 heteroatoms. The highest BCUT2D eigenvalue weighted by atomic mass is 15.3. The molecule has 0 saturated heterocycles. The number of anilines is 2. The van der Waals surface area contributed by atoms with E-state index in [2.05, 4.69) is 51.4 Å². The van der Waals surface area contributed by atoms with Gasteiger partial charge < -0.3 is 10.2 Å². The first-order valence-electron chi connectivity index (χ1n) is 7.73. The molecule has 4 nitrogen and oxygen atoms in total. The van der Waals surface area contributed by atoms with E-state index in [1.165, 1.54) is 24.1 Å². The lowest BCUT2D eigenvalue weighted by atomic mass is 10.1. The topological polar surface area (TPSA) is 41.1 Å². The molecule has 2 heterocycles. The molecule has 1 fully saturated rings. The molecule has 0 spiro atoms. The lowest BCUT2D eigenvalue weighted by molar-refractivity contribution is 0.681. The molecule has 1 aliphatic carbocycles. The highest BCUT2D eigenvalue weighted by molar-refractivity contribution is 5.66. The lowest BCUT2D eigenvalue weighted by Crippen LogP contribution is -2.26. The van der Waals surface area contributed by atoms with Crippen molar-refractivity contribution in [1.29, 1.82) is 0 Å². The van der Waals surface area contributed by atoms with Gasteiger partial charge in [0.2, 0.25) is 5.95 Å². The molecule has 0 radical (unpaired) electrons. The normalized spacial score (nSPS) is 20.6. The quantitative estimate of drug-likeness (QED) is 0.935. The van der Waals surface area contributed by atoms with Gasteiger partial charge in [-0.2, -0.15) is 0 Å². The molecule has 1 N–H and O–H groups in total. The molecule has 1 atom stereocenters. The summed E-state index contributed by atoms with van der Waals surface area (Å²) in [7, 11) is 0. The van der Waals surface area contributed by atoms with E-state index in [1.807, 2.05) is 12.4 Å². The van der Waals surface area contributed by atoms with Crippen LogP contribution in [0.3, 0.4) is 0 Å². The Morgan fingerprint density at radius 3 is 2.71 bits per heavy atom. The number of benzene rings is 1. The van der Waals surface area contributed by atoms with Gasteiger partial charge in [-0.1, -0.05) is 18.2 Å². The van der Waals surface area contributed by atoms with Crippen LogP contribution in [0.4, 0.5) is 11.6 Å². The third-order valence-electron chi connectivity index (χ3n) is 4.29. The molecule has 0 bridgehead atoms. The third kappa shape index (κ3) is 2.51. The molecular weight excluding hydrogens is 260 g/mol. The fourth-order valence-electron chi connectivity index (χ4n) is 2.98. The maximum absolute atomic E-state index is 4.58. The monoisotopic (exact) mass is 280 g/mol. The number of nitrogens with one attached hydrogen (secondary N) is 1. The zero-order valence-electron chi connectivity index (χ0n) is 12.3. The fraction of sp³-hybridized carbons (Fsp3) is 0.412.